The molecule has 4 N–H and O–H groups in total. The highest BCUT2D eigenvalue weighted by atomic mass is 19.1. The number of fused-ring (bicyclic) bond motifs is 1. The number of ether oxygens (including phenoxy) is 1. The number of likely N-dealkylation sites (N-methyl/N-ethyl adjacent to an activating group) is 1. The van der Waals surface area contributed by atoms with Crippen LogP contribution in [0.4, 0.5) is 37.6 Å². The summed E-state index contributed by atoms with van der Waals surface area (Å²) in [5.74, 6) is -1.93. The van der Waals surface area contributed by atoms with Crippen molar-refractivity contribution in [3.05, 3.63) is 59.3 Å². The van der Waals surface area contributed by atoms with E-state index in [0.29, 0.717) is 66.2 Å². The Kier molecular flexibility index (Phi) is 13.0. The van der Waals surface area contributed by atoms with Crippen LogP contribution in [-0.4, -0.2) is 115 Å². The molecule has 0 radical (unpaired) electrons. The average molecular weight is 912 g/mol. The van der Waals surface area contributed by atoms with Crippen LogP contribution in [0.1, 0.15) is 119 Å². The van der Waals surface area contributed by atoms with E-state index in [1.165, 1.54) is 12.1 Å². The smallest absolute Gasteiger partial charge is 0.251 e. The van der Waals surface area contributed by atoms with Crippen LogP contribution in [0.25, 0.3) is 0 Å². The third kappa shape index (κ3) is 8.92. The number of carbonyl (C=O) groups is 4. The van der Waals surface area contributed by atoms with Gasteiger partial charge in [0.15, 0.2) is 5.82 Å². The maximum atomic E-state index is 15.4. The summed E-state index contributed by atoms with van der Waals surface area (Å²) in [6.45, 7) is 6.14. The molecular weight excluding hydrogens is 849 g/mol. The molecule has 3 saturated heterocycles. The summed E-state index contributed by atoms with van der Waals surface area (Å²) in [6, 6.07) is 7.85. The number of amides is 4. The van der Waals surface area contributed by atoms with Gasteiger partial charge in [-0.05, 0) is 112 Å². The maximum Gasteiger partial charge on any atom is 0.251 e. The summed E-state index contributed by atoms with van der Waals surface area (Å²) in [5, 5.41) is 19.0. The summed E-state index contributed by atoms with van der Waals surface area (Å²) in [4.78, 5) is 69.2. The number of benzene rings is 2. The molecule has 1 aromatic heterocycles. The summed E-state index contributed by atoms with van der Waals surface area (Å²) in [7, 11) is 3.33. The number of likely N-dealkylation sites (tertiary alicyclic amines) is 1. The minimum absolute atomic E-state index is 0.0425. The lowest BCUT2D eigenvalue weighted by Crippen LogP contribution is -2.62. The van der Waals surface area contributed by atoms with Gasteiger partial charge < -0.3 is 40.1 Å². The minimum atomic E-state index is -1.02. The number of carbonyl (C=O) groups excluding carboxylic acids is 4. The number of piperidine rings is 2. The SMILES string of the molecule is CC[C@@H]1C(=O)N(C)c2cnc(Nc3ccc(C(=O)NC4(CCO)CCC5(CC4)CN(C[C@H]4CCCN(c6cc(F)c(C7CCC(=O)NC7=O)c(F)c6)C4)C5)cc3OC)nc2N1C1CCCC1. The second-order valence-electron chi connectivity index (χ2n) is 19.8. The second-order valence-corrected chi connectivity index (χ2v) is 19.8. The van der Waals surface area contributed by atoms with Crippen molar-refractivity contribution in [2.45, 2.75) is 120 Å². The number of nitrogens with zero attached hydrogens (tertiary/aromatic N) is 6. The van der Waals surface area contributed by atoms with Gasteiger partial charge in [-0.2, -0.15) is 4.98 Å². The van der Waals surface area contributed by atoms with E-state index in [1.54, 1.807) is 43.5 Å². The van der Waals surface area contributed by atoms with E-state index in [0.717, 1.165) is 89.7 Å². The number of rotatable bonds is 13. The van der Waals surface area contributed by atoms with E-state index in [-0.39, 0.29) is 54.3 Å². The predicted molar refractivity (Wildman–Crippen MR) is 246 cm³/mol. The van der Waals surface area contributed by atoms with Crippen LogP contribution < -0.4 is 35.4 Å². The second kappa shape index (κ2) is 18.7. The fraction of sp³-hybridized carbons (Fsp3) is 0.592. The Hall–Kier alpha value is -5.42. The Morgan fingerprint density at radius 2 is 1.74 bits per heavy atom. The first kappa shape index (κ1) is 45.7. The third-order valence-corrected chi connectivity index (χ3v) is 15.5. The number of imide groups is 1. The maximum absolute atomic E-state index is 15.4. The van der Waals surface area contributed by atoms with Crippen molar-refractivity contribution in [3.63, 3.8) is 0 Å². The van der Waals surface area contributed by atoms with E-state index in [2.05, 4.69) is 30.7 Å². The number of methoxy groups -OCH3 is 1. The molecule has 354 valence electrons. The Morgan fingerprint density at radius 3 is 2.42 bits per heavy atom. The van der Waals surface area contributed by atoms with Crippen LogP contribution in [0.5, 0.6) is 5.75 Å². The molecule has 1 spiro atoms. The largest absolute Gasteiger partial charge is 0.495 e. The lowest BCUT2D eigenvalue weighted by atomic mass is 9.62. The highest BCUT2D eigenvalue weighted by Crippen LogP contribution is 2.49. The fourth-order valence-electron chi connectivity index (χ4n) is 11.9. The van der Waals surface area contributed by atoms with Crippen molar-refractivity contribution in [2.24, 2.45) is 11.3 Å². The molecule has 6 aliphatic rings. The number of anilines is 5. The zero-order chi connectivity index (χ0) is 46.3. The van der Waals surface area contributed by atoms with E-state index < -0.39 is 34.9 Å². The summed E-state index contributed by atoms with van der Waals surface area (Å²) in [6.07, 6.45) is 12.5. The first-order valence-electron chi connectivity index (χ1n) is 23.9. The number of halogens is 2. The Morgan fingerprint density at radius 1 is 1.00 bits per heavy atom. The standard InChI is InChI=1S/C49H63F2N9O6/c1-4-38-46(65)57(2)39-25-52-47(55-43(39)60(38)32-9-5-6-10-32)53-37-13-11-31(22-40(37)66-3)44(63)56-49(19-21-61)17-15-48(16-18-49)28-58(29-48)26-30-8-7-20-59(27-30)33-23-35(50)42(36(51)24-33)34-12-14-41(62)54-45(34)64/h11,13,22-25,30,32,34,38,61H,4-10,12,14-21,26-29H2,1-3H3,(H,56,63)(H,52,53,55)(H,54,62,64)/t30-,34?,38-/m1/s1. The molecule has 2 aliphatic carbocycles. The normalized spacial score (nSPS) is 24.2. The molecule has 9 rings (SSSR count). The lowest BCUT2D eigenvalue weighted by molar-refractivity contribution is -0.134. The van der Waals surface area contributed by atoms with Crippen molar-refractivity contribution in [3.8, 4) is 5.75 Å². The molecule has 2 aromatic carbocycles. The van der Waals surface area contributed by atoms with Crippen LogP contribution in [0, 0.1) is 23.0 Å². The van der Waals surface area contributed by atoms with Crippen molar-refractivity contribution in [1.82, 2.24) is 25.5 Å². The molecule has 5 heterocycles. The van der Waals surface area contributed by atoms with Crippen molar-refractivity contribution in [2.75, 3.05) is 73.5 Å². The molecule has 17 heteroatoms. The molecule has 66 heavy (non-hydrogen) atoms. The molecule has 3 aromatic rings. The van der Waals surface area contributed by atoms with Gasteiger partial charge in [0.1, 0.15) is 29.1 Å². The first-order chi connectivity index (χ1) is 31.8. The molecule has 15 nitrogen and oxygen atoms in total. The number of aliphatic hydroxyl groups is 1. The zero-order valence-corrected chi connectivity index (χ0v) is 38.3. The summed E-state index contributed by atoms with van der Waals surface area (Å²) >= 11 is 0. The highest BCUT2D eigenvalue weighted by molar-refractivity contribution is 6.04. The molecule has 2 saturated carbocycles. The van der Waals surface area contributed by atoms with Gasteiger partial charge in [0.25, 0.3) is 5.91 Å². The van der Waals surface area contributed by atoms with Gasteiger partial charge in [-0.3, -0.25) is 24.5 Å². The van der Waals surface area contributed by atoms with Crippen LogP contribution >= 0.6 is 0 Å². The van der Waals surface area contributed by atoms with Gasteiger partial charge in [-0.15, -0.1) is 0 Å². The number of hydrogen-bond acceptors (Lipinski definition) is 12. The lowest BCUT2D eigenvalue weighted by Gasteiger charge is -2.57. The van der Waals surface area contributed by atoms with Gasteiger partial charge in [0.2, 0.25) is 23.7 Å². The van der Waals surface area contributed by atoms with E-state index in [4.69, 9.17) is 9.72 Å². The first-order valence-corrected chi connectivity index (χ1v) is 23.9. The summed E-state index contributed by atoms with van der Waals surface area (Å²) in [5.41, 5.74) is 1.50. The topological polar surface area (TPSA) is 173 Å². The highest BCUT2D eigenvalue weighted by Gasteiger charge is 2.50. The molecule has 4 amide bonds. The average Bonchev–Trinajstić information content (AvgIpc) is 3.83. The van der Waals surface area contributed by atoms with Crippen molar-refractivity contribution >= 4 is 52.5 Å². The van der Waals surface area contributed by atoms with Crippen LogP contribution in [0.2, 0.25) is 0 Å². The number of aliphatic hydroxyl groups excluding tert-OH is 1. The molecule has 3 atom stereocenters. The summed E-state index contributed by atoms with van der Waals surface area (Å²) < 4.78 is 36.5. The van der Waals surface area contributed by atoms with Gasteiger partial charge in [-0.1, -0.05) is 19.8 Å². The van der Waals surface area contributed by atoms with Gasteiger partial charge in [-0.25, -0.2) is 13.8 Å². The van der Waals surface area contributed by atoms with E-state index in [9.17, 15) is 24.3 Å². The molecule has 5 fully saturated rings. The Labute approximate surface area is 385 Å². The van der Waals surface area contributed by atoms with Crippen molar-refractivity contribution < 1.29 is 37.8 Å². The number of hydrogen-bond donors (Lipinski definition) is 4. The molecular formula is C49H63F2N9O6. The van der Waals surface area contributed by atoms with Gasteiger partial charge >= 0.3 is 0 Å². The number of nitrogens with one attached hydrogen (secondary N) is 3. The predicted octanol–water partition coefficient (Wildman–Crippen LogP) is 6.17. The molecule has 0 bridgehead atoms. The van der Waals surface area contributed by atoms with E-state index in [1.807, 2.05) is 11.8 Å². The minimum Gasteiger partial charge on any atom is -0.495 e. The third-order valence-electron chi connectivity index (χ3n) is 15.5. The van der Waals surface area contributed by atoms with Crippen molar-refractivity contribution in [1.29, 1.82) is 0 Å². The Bertz CT molecular complexity index is 2320. The quantitative estimate of drug-likeness (QED) is 0.144. The Balaban J connectivity index is 0.798. The monoisotopic (exact) mass is 911 g/mol. The zero-order valence-electron chi connectivity index (χ0n) is 38.3. The fourth-order valence-corrected chi connectivity index (χ4v) is 11.9. The van der Waals surface area contributed by atoms with Crippen LogP contribution in [0.3, 0.4) is 0 Å². The molecule has 1 unspecified atom stereocenters. The molecule has 4 aliphatic heterocycles. The van der Waals surface area contributed by atoms with Gasteiger partial charge in [0, 0.05) is 81.2 Å². The van der Waals surface area contributed by atoms with Crippen LogP contribution in [-0.2, 0) is 14.4 Å². The van der Waals surface area contributed by atoms with Crippen LogP contribution in [0.15, 0.2) is 36.5 Å². The van der Waals surface area contributed by atoms with Gasteiger partial charge in [0.05, 0.1) is 24.9 Å². The number of aromatic nitrogens is 2. The van der Waals surface area contributed by atoms with E-state index >= 15 is 8.78 Å².